The van der Waals surface area contributed by atoms with Crippen LogP contribution in [0.3, 0.4) is 0 Å². The van der Waals surface area contributed by atoms with Gasteiger partial charge in [0.2, 0.25) is 0 Å². The van der Waals surface area contributed by atoms with Crippen LogP contribution in [0.1, 0.15) is 0 Å². The number of aromatic nitrogens is 3. The first-order valence-corrected chi connectivity index (χ1v) is 13.6. The topological polar surface area (TPSA) is 30.7 Å². The molecular weight excluding hydrogens is 486 g/mol. The number of hydrogen-bond acceptors (Lipinski definition) is 2. The Morgan fingerprint density at radius 1 is 0.500 bits per heavy atom. The molecule has 0 aliphatic heterocycles. The molecule has 0 bridgehead atoms. The summed E-state index contributed by atoms with van der Waals surface area (Å²) in [4.78, 5) is 9.10. The van der Waals surface area contributed by atoms with Gasteiger partial charge >= 0.3 is 0 Å². The molecule has 3 heteroatoms. The number of pyridine rings is 2. The average molecular weight is 512 g/mol. The van der Waals surface area contributed by atoms with Crippen molar-refractivity contribution >= 4 is 43.4 Å². The summed E-state index contributed by atoms with van der Waals surface area (Å²) in [6.07, 6.45) is 3.74. The summed E-state index contributed by atoms with van der Waals surface area (Å²) < 4.78 is 2.35. The molecule has 0 aliphatic rings. The van der Waals surface area contributed by atoms with Crippen molar-refractivity contribution in [2.24, 2.45) is 7.05 Å². The van der Waals surface area contributed by atoms with Crippen molar-refractivity contribution in [3.63, 3.8) is 0 Å². The molecule has 0 aliphatic carbocycles. The van der Waals surface area contributed by atoms with E-state index in [-0.39, 0.29) is 0 Å². The minimum absolute atomic E-state index is 0.880. The van der Waals surface area contributed by atoms with Gasteiger partial charge in [-0.3, -0.25) is 9.97 Å². The van der Waals surface area contributed by atoms with Crippen LogP contribution in [0.25, 0.3) is 77.0 Å². The first kappa shape index (κ1) is 22.7. The molecule has 3 heterocycles. The smallest absolute Gasteiger partial charge is 0.0886 e. The molecule has 8 rings (SSSR count). The van der Waals surface area contributed by atoms with Crippen molar-refractivity contribution in [3.05, 3.63) is 134 Å². The van der Waals surface area contributed by atoms with Gasteiger partial charge in [0, 0.05) is 46.7 Å². The van der Waals surface area contributed by atoms with E-state index >= 15 is 0 Å². The first-order chi connectivity index (χ1) is 19.7. The van der Waals surface area contributed by atoms with Gasteiger partial charge in [-0.25, -0.2) is 0 Å². The summed E-state index contributed by atoms with van der Waals surface area (Å²) in [5, 5.41) is 7.58. The summed E-state index contributed by atoms with van der Waals surface area (Å²) in [6, 6.07) is 43.3. The maximum Gasteiger partial charge on any atom is 0.0886 e. The molecule has 5 aromatic carbocycles. The lowest BCUT2D eigenvalue weighted by Gasteiger charge is -2.08. The van der Waals surface area contributed by atoms with Crippen molar-refractivity contribution in [1.29, 1.82) is 0 Å². The number of hydrogen-bond donors (Lipinski definition) is 0. The van der Waals surface area contributed by atoms with Gasteiger partial charge in [0.1, 0.15) is 0 Å². The molecule has 188 valence electrons. The van der Waals surface area contributed by atoms with Gasteiger partial charge in [-0.1, -0.05) is 91.0 Å². The molecule has 0 radical (unpaired) electrons. The van der Waals surface area contributed by atoms with E-state index < -0.39 is 0 Å². The molecule has 0 amide bonds. The van der Waals surface area contributed by atoms with E-state index in [1.165, 1.54) is 54.5 Å². The molecule has 0 unspecified atom stereocenters. The maximum absolute atomic E-state index is 4.68. The molecule has 0 N–H and O–H groups in total. The van der Waals surface area contributed by atoms with Gasteiger partial charge in [-0.15, -0.1) is 0 Å². The fourth-order valence-corrected chi connectivity index (χ4v) is 6.10. The summed E-state index contributed by atoms with van der Waals surface area (Å²) in [5.74, 6) is 0. The van der Waals surface area contributed by atoms with Gasteiger partial charge in [0.05, 0.1) is 16.9 Å². The van der Waals surface area contributed by atoms with E-state index in [1.807, 2.05) is 30.5 Å². The fourth-order valence-electron chi connectivity index (χ4n) is 6.10. The lowest BCUT2D eigenvalue weighted by molar-refractivity contribution is 1.02. The SMILES string of the molecule is Cn1c2cc(-c3cccc4ccccc34)ccc2c2ccc3cc(-c4ccc(-c5ccccn5)nc4)ccc3c21. The predicted octanol–water partition coefficient (Wildman–Crippen LogP) is 9.43. The number of benzene rings is 5. The van der Waals surface area contributed by atoms with E-state index in [9.17, 15) is 0 Å². The summed E-state index contributed by atoms with van der Waals surface area (Å²) in [7, 11) is 2.19. The van der Waals surface area contributed by atoms with Crippen molar-refractivity contribution in [3.8, 4) is 33.6 Å². The van der Waals surface area contributed by atoms with E-state index in [1.54, 1.807) is 6.20 Å². The highest BCUT2D eigenvalue weighted by molar-refractivity contribution is 6.18. The van der Waals surface area contributed by atoms with E-state index in [2.05, 4.69) is 119 Å². The van der Waals surface area contributed by atoms with Crippen LogP contribution in [0.4, 0.5) is 0 Å². The molecule has 0 spiro atoms. The Kier molecular flexibility index (Phi) is 5.04. The number of rotatable bonds is 3. The van der Waals surface area contributed by atoms with Crippen molar-refractivity contribution in [2.45, 2.75) is 0 Å². The normalized spacial score (nSPS) is 11.6. The third-order valence-electron chi connectivity index (χ3n) is 8.10. The molecule has 8 aromatic rings. The van der Waals surface area contributed by atoms with Crippen molar-refractivity contribution in [2.75, 3.05) is 0 Å². The second-order valence-corrected chi connectivity index (χ2v) is 10.4. The lowest BCUT2D eigenvalue weighted by Crippen LogP contribution is -1.90. The number of aryl methyl sites for hydroxylation is 1. The Balaban J connectivity index is 1.24. The third-order valence-corrected chi connectivity index (χ3v) is 8.10. The molecular formula is C37H25N3. The van der Waals surface area contributed by atoms with E-state index in [0.29, 0.717) is 0 Å². The van der Waals surface area contributed by atoms with Crippen LogP contribution in [-0.4, -0.2) is 14.5 Å². The van der Waals surface area contributed by atoms with Crippen LogP contribution in [0.5, 0.6) is 0 Å². The lowest BCUT2D eigenvalue weighted by atomic mass is 9.97. The van der Waals surface area contributed by atoms with Crippen LogP contribution in [0.2, 0.25) is 0 Å². The number of nitrogens with zero attached hydrogens (tertiary/aromatic N) is 3. The Bertz CT molecular complexity index is 2200. The highest BCUT2D eigenvalue weighted by atomic mass is 14.9. The third kappa shape index (κ3) is 3.52. The van der Waals surface area contributed by atoms with E-state index in [0.717, 1.165) is 22.5 Å². The summed E-state index contributed by atoms with van der Waals surface area (Å²) in [6.45, 7) is 0. The average Bonchev–Trinajstić information content (AvgIpc) is 3.32. The maximum atomic E-state index is 4.68. The molecule has 0 fully saturated rings. The van der Waals surface area contributed by atoms with Crippen molar-refractivity contribution in [1.82, 2.24) is 14.5 Å². The van der Waals surface area contributed by atoms with Crippen LogP contribution in [0.15, 0.2) is 134 Å². The van der Waals surface area contributed by atoms with Crippen LogP contribution in [0, 0.1) is 0 Å². The minimum Gasteiger partial charge on any atom is -0.343 e. The second kappa shape index (κ2) is 8.89. The zero-order valence-corrected chi connectivity index (χ0v) is 22.0. The molecule has 0 saturated heterocycles. The zero-order valence-electron chi connectivity index (χ0n) is 22.0. The van der Waals surface area contributed by atoms with Crippen LogP contribution < -0.4 is 0 Å². The van der Waals surface area contributed by atoms with Crippen molar-refractivity contribution < 1.29 is 0 Å². The quantitative estimate of drug-likeness (QED) is 0.236. The molecule has 0 saturated carbocycles. The standard InChI is InChI=1S/C37H25N3/c1-40-36-22-27(30-10-6-8-24-7-2-3-9-29(24)30)13-17-32(36)33-18-14-26-21-25(12-16-31(26)37(33)40)28-15-19-35(39-23-28)34-11-4-5-20-38-34/h2-23H,1H3. The zero-order chi connectivity index (χ0) is 26.6. The highest BCUT2D eigenvalue weighted by Gasteiger charge is 2.14. The number of fused-ring (bicyclic) bond motifs is 6. The fraction of sp³-hybridized carbons (Fsp3) is 0.0270. The summed E-state index contributed by atoms with van der Waals surface area (Å²) in [5.41, 5.74) is 9.02. The Hall–Kier alpha value is -5.28. The second-order valence-electron chi connectivity index (χ2n) is 10.4. The van der Waals surface area contributed by atoms with Gasteiger partial charge in [0.15, 0.2) is 0 Å². The largest absolute Gasteiger partial charge is 0.343 e. The summed E-state index contributed by atoms with van der Waals surface area (Å²) >= 11 is 0. The predicted molar refractivity (Wildman–Crippen MR) is 167 cm³/mol. The van der Waals surface area contributed by atoms with E-state index in [4.69, 9.17) is 0 Å². The van der Waals surface area contributed by atoms with Gasteiger partial charge < -0.3 is 4.57 Å². The Morgan fingerprint density at radius 3 is 2.15 bits per heavy atom. The first-order valence-electron chi connectivity index (χ1n) is 13.6. The highest BCUT2D eigenvalue weighted by Crippen LogP contribution is 2.38. The minimum atomic E-state index is 0.880. The molecule has 3 aromatic heterocycles. The monoisotopic (exact) mass is 511 g/mol. The van der Waals surface area contributed by atoms with Gasteiger partial charge in [-0.05, 0) is 63.2 Å². The van der Waals surface area contributed by atoms with Gasteiger partial charge in [0.25, 0.3) is 0 Å². The van der Waals surface area contributed by atoms with Gasteiger partial charge in [-0.2, -0.15) is 0 Å². The Morgan fingerprint density at radius 2 is 1.27 bits per heavy atom. The Labute approximate surface area is 232 Å². The molecule has 0 atom stereocenters. The molecule has 3 nitrogen and oxygen atoms in total. The van der Waals surface area contributed by atoms with Crippen LogP contribution in [-0.2, 0) is 7.05 Å². The molecule has 40 heavy (non-hydrogen) atoms. The van der Waals surface area contributed by atoms with Crippen LogP contribution >= 0.6 is 0 Å².